The Labute approximate surface area is 84.2 Å². The van der Waals surface area contributed by atoms with Crippen LogP contribution in [0.1, 0.15) is 26.2 Å². The lowest BCUT2D eigenvalue weighted by Gasteiger charge is -2.34. The van der Waals surface area contributed by atoms with Gasteiger partial charge in [-0.2, -0.15) is 0 Å². The number of ether oxygens (including phenoxy) is 2. The zero-order valence-electron chi connectivity index (χ0n) is 8.78. The highest BCUT2D eigenvalue weighted by Gasteiger charge is 2.38. The summed E-state index contributed by atoms with van der Waals surface area (Å²) in [4.78, 5) is 10.9. The zero-order chi connectivity index (χ0) is 10.6. The second-order valence-electron chi connectivity index (χ2n) is 4.12. The molecule has 0 aromatic rings. The van der Waals surface area contributed by atoms with Crippen molar-refractivity contribution in [2.75, 3.05) is 20.3 Å². The fourth-order valence-corrected chi connectivity index (χ4v) is 1.58. The molecule has 1 heterocycles. The molecule has 1 N–H and O–H groups in total. The largest absolute Gasteiger partial charge is 0.481 e. The fraction of sp³-hybridized carbons (Fsp3) is 0.900. The van der Waals surface area contributed by atoms with Crippen LogP contribution in [0.4, 0.5) is 0 Å². The average Bonchev–Trinajstić information content (AvgIpc) is 2.17. The maximum Gasteiger partial charge on any atom is 0.311 e. The number of aliphatic carboxylic acids is 1. The van der Waals surface area contributed by atoms with Gasteiger partial charge in [0, 0.05) is 13.7 Å². The van der Waals surface area contributed by atoms with Gasteiger partial charge in [-0.15, -0.1) is 0 Å². The van der Waals surface area contributed by atoms with Crippen molar-refractivity contribution in [2.45, 2.75) is 32.3 Å². The van der Waals surface area contributed by atoms with Crippen molar-refractivity contribution in [3.05, 3.63) is 0 Å². The first-order valence-corrected chi connectivity index (χ1v) is 4.92. The number of hydrogen-bond acceptors (Lipinski definition) is 3. The van der Waals surface area contributed by atoms with Gasteiger partial charge in [0.05, 0.1) is 18.1 Å². The molecule has 0 amide bonds. The summed E-state index contributed by atoms with van der Waals surface area (Å²) < 4.78 is 10.4. The predicted octanol–water partition coefficient (Wildman–Crippen LogP) is 1.29. The highest BCUT2D eigenvalue weighted by Crippen LogP contribution is 2.31. The van der Waals surface area contributed by atoms with Crippen LogP contribution in [0.25, 0.3) is 0 Å². The van der Waals surface area contributed by atoms with E-state index in [0.717, 1.165) is 12.8 Å². The van der Waals surface area contributed by atoms with Crippen molar-refractivity contribution in [3.63, 3.8) is 0 Å². The Hall–Kier alpha value is -0.610. The second-order valence-corrected chi connectivity index (χ2v) is 4.12. The normalized spacial score (nSPS) is 32.9. The summed E-state index contributed by atoms with van der Waals surface area (Å²) in [5.41, 5.74) is -0.691. The van der Waals surface area contributed by atoms with Crippen molar-refractivity contribution in [1.29, 1.82) is 0 Å². The molecule has 0 aromatic carbocycles. The van der Waals surface area contributed by atoms with E-state index in [0.29, 0.717) is 19.6 Å². The lowest BCUT2D eigenvalue weighted by atomic mass is 9.83. The lowest BCUT2D eigenvalue weighted by Crippen LogP contribution is -2.40. The molecule has 4 nitrogen and oxygen atoms in total. The average molecular weight is 202 g/mol. The molecule has 4 heteroatoms. The fourth-order valence-electron chi connectivity index (χ4n) is 1.58. The van der Waals surface area contributed by atoms with Crippen LogP contribution in [0.2, 0.25) is 0 Å². The highest BCUT2D eigenvalue weighted by molar-refractivity contribution is 5.74. The topological polar surface area (TPSA) is 55.8 Å². The summed E-state index contributed by atoms with van der Waals surface area (Å²) in [6.45, 7) is 2.73. The molecule has 1 fully saturated rings. The van der Waals surface area contributed by atoms with Gasteiger partial charge in [0.25, 0.3) is 0 Å². The van der Waals surface area contributed by atoms with E-state index in [9.17, 15) is 4.79 Å². The van der Waals surface area contributed by atoms with E-state index in [-0.39, 0.29) is 6.10 Å². The molecule has 2 atom stereocenters. The van der Waals surface area contributed by atoms with Crippen molar-refractivity contribution in [3.8, 4) is 0 Å². The van der Waals surface area contributed by atoms with Crippen LogP contribution in [0.5, 0.6) is 0 Å². The number of hydrogen-bond donors (Lipinski definition) is 1. The summed E-state index contributed by atoms with van der Waals surface area (Å²) in [5.74, 6) is -0.761. The molecule has 0 bridgehead atoms. The maximum atomic E-state index is 10.9. The molecule has 1 rings (SSSR count). The van der Waals surface area contributed by atoms with E-state index in [4.69, 9.17) is 14.6 Å². The summed E-state index contributed by atoms with van der Waals surface area (Å²) >= 11 is 0. The van der Waals surface area contributed by atoms with E-state index in [1.165, 1.54) is 0 Å². The van der Waals surface area contributed by atoms with Gasteiger partial charge in [-0.05, 0) is 26.2 Å². The second kappa shape index (κ2) is 4.75. The van der Waals surface area contributed by atoms with Gasteiger partial charge in [0.1, 0.15) is 0 Å². The van der Waals surface area contributed by atoms with Crippen LogP contribution in [-0.4, -0.2) is 37.5 Å². The van der Waals surface area contributed by atoms with Gasteiger partial charge in [0.15, 0.2) is 0 Å². The molecule has 0 radical (unpaired) electrons. The SMILES string of the molecule is COCCC1CCC(C)(C(=O)O)CO1. The van der Waals surface area contributed by atoms with E-state index in [1.54, 1.807) is 14.0 Å². The Morgan fingerprint density at radius 1 is 1.71 bits per heavy atom. The van der Waals surface area contributed by atoms with E-state index in [1.807, 2.05) is 0 Å². The molecule has 1 saturated heterocycles. The molecular formula is C10H18O4. The maximum absolute atomic E-state index is 10.9. The summed E-state index contributed by atoms with van der Waals surface area (Å²) in [6.07, 6.45) is 2.53. The first-order valence-electron chi connectivity index (χ1n) is 4.92. The molecule has 2 unspecified atom stereocenters. The third-order valence-corrected chi connectivity index (χ3v) is 2.82. The first-order chi connectivity index (χ1) is 6.58. The molecule has 1 aliphatic heterocycles. The third-order valence-electron chi connectivity index (χ3n) is 2.82. The number of rotatable bonds is 4. The van der Waals surface area contributed by atoms with Crippen LogP contribution in [-0.2, 0) is 14.3 Å². The van der Waals surface area contributed by atoms with Crippen LogP contribution in [0.3, 0.4) is 0 Å². The quantitative estimate of drug-likeness (QED) is 0.746. The van der Waals surface area contributed by atoms with Crippen LogP contribution < -0.4 is 0 Å². The van der Waals surface area contributed by atoms with Crippen molar-refractivity contribution >= 4 is 5.97 Å². The molecule has 0 saturated carbocycles. The lowest BCUT2D eigenvalue weighted by molar-refractivity contribution is -0.160. The smallest absolute Gasteiger partial charge is 0.311 e. The Morgan fingerprint density at radius 2 is 2.43 bits per heavy atom. The van der Waals surface area contributed by atoms with Gasteiger partial charge < -0.3 is 14.6 Å². The minimum Gasteiger partial charge on any atom is -0.481 e. The minimum atomic E-state index is -0.761. The van der Waals surface area contributed by atoms with Crippen LogP contribution >= 0.6 is 0 Å². The number of carboxylic acid groups (broad SMARTS) is 1. The van der Waals surface area contributed by atoms with Gasteiger partial charge in [-0.1, -0.05) is 0 Å². The molecule has 0 aromatic heterocycles. The Balaban J connectivity index is 2.34. The summed E-state index contributed by atoms with van der Waals surface area (Å²) in [6, 6.07) is 0. The van der Waals surface area contributed by atoms with E-state index in [2.05, 4.69) is 0 Å². The minimum absolute atomic E-state index is 0.169. The number of carboxylic acids is 1. The van der Waals surface area contributed by atoms with Gasteiger partial charge >= 0.3 is 5.97 Å². The first kappa shape index (κ1) is 11.5. The molecule has 0 spiro atoms. The van der Waals surface area contributed by atoms with Gasteiger partial charge in [-0.3, -0.25) is 4.79 Å². The van der Waals surface area contributed by atoms with Gasteiger partial charge in [-0.25, -0.2) is 0 Å². The molecule has 82 valence electrons. The Bertz CT molecular complexity index is 194. The molecule has 1 aliphatic rings. The standard InChI is InChI=1S/C10H18O4/c1-10(9(11)12)5-3-8(14-7-10)4-6-13-2/h8H,3-7H2,1-2H3,(H,11,12). The number of carbonyl (C=O) groups is 1. The van der Waals surface area contributed by atoms with Crippen molar-refractivity contribution < 1.29 is 19.4 Å². The predicted molar refractivity (Wildman–Crippen MR) is 51.2 cm³/mol. The van der Waals surface area contributed by atoms with Gasteiger partial charge in [0.2, 0.25) is 0 Å². The molecular weight excluding hydrogens is 184 g/mol. The highest BCUT2D eigenvalue weighted by atomic mass is 16.5. The van der Waals surface area contributed by atoms with Crippen molar-refractivity contribution in [1.82, 2.24) is 0 Å². The molecule has 0 aliphatic carbocycles. The monoisotopic (exact) mass is 202 g/mol. The van der Waals surface area contributed by atoms with Crippen LogP contribution in [0.15, 0.2) is 0 Å². The molecule has 14 heavy (non-hydrogen) atoms. The third kappa shape index (κ3) is 2.69. The van der Waals surface area contributed by atoms with Crippen molar-refractivity contribution in [2.24, 2.45) is 5.41 Å². The van der Waals surface area contributed by atoms with E-state index < -0.39 is 11.4 Å². The zero-order valence-corrected chi connectivity index (χ0v) is 8.78. The summed E-state index contributed by atoms with van der Waals surface area (Å²) in [5, 5.41) is 8.96. The Kier molecular flexibility index (Phi) is 3.89. The summed E-state index contributed by atoms with van der Waals surface area (Å²) in [7, 11) is 1.66. The number of methoxy groups -OCH3 is 1. The Morgan fingerprint density at radius 3 is 2.86 bits per heavy atom. The van der Waals surface area contributed by atoms with Crippen LogP contribution in [0, 0.1) is 5.41 Å². The van der Waals surface area contributed by atoms with E-state index >= 15 is 0 Å².